The molecular weight excluding hydrogens is 302 g/mol. The number of thioether (sulfide) groups is 1. The summed E-state index contributed by atoms with van der Waals surface area (Å²) in [7, 11) is 0. The predicted molar refractivity (Wildman–Crippen MR) is 88.2 cm³/mol. The molecule has 0 radical (unpaired) electrons. The number of hydrogen-bond acceptors (Lipinski definition) is 3. The Hall–Kier alpha value is -1.52. The van der Waals surface area contributed by atoms with Crippen LogP contribution in [0, 0.1) is 20.8 Å². The second-order valence-corrected chi connectivity index (χ2v) is 6.53. The molecular formula is C16H16ClN3S. The van der Waals surface area contributed by atoms with Crippen molar-refractivity contribution in [3.63, 3.8) is 0 Å². The molecule has 2 heterocycles. The number of fused-ring (bicyclic) bond motifs is 1. The van der Waals surface area contributed by atoms with Gasteiger partial charge in [0.05, 0.1) is 5.69 Å². The van der Waals surface area contributed by atoms with Gasteiger partial charge in [-0.15, -0.1) is 11.8 Å². The fourth-order valence-corrected chi connectivity index (χ4v) is 3.49. The number of hydrogen-bond donors (Lipinski definition) is 0. The van der Waals surface area contributed by atoms with E-state index in [0.717, 1.165) is 22.8 Å². The van der Waals surface area contributed by atoms with Gasteiger partial charge in [-0.2, -0.15) is 0 Å². The molecule has 1 aromatic carbocycles. The molecule has 2 aromatic heterocycles. The van der Waals surface area contributed by atoms with E-state index < -0.39 is 0 Å². The van der Waals surface area contributed by atoms with Gasteiger partial charge in [-0.3, -0.25) is 4.40 Å². The zero-order valence-corrected chi connectivity index (χ0v) is 13.8. The Morgan fingerprint density at radius 2 is 1.81 bits per heavy atom. The van der Waals surface area contributed by atoms with Gasteiger partial charge in [0, 0.05) is 22.0 Å². The Labute approximate surface area is 133 Å². The molecule has 5 heteroatoms. The van der Waals surface area contributed by atoms with E-state index in [2.05, 4.69) is 41.2 Å². The summed E-state index contributed by atoms with van der Waals surface area (Å²) >= 11 is 8.19. The molecule has 0 atom stereocenters. The van der Waals surface area contributed by atoms with E-state index >= 15 is 0 Å². The number of benzene rings is 1. The minimum absolute atomic E-state index is 0.662. The second kappa shape index (κ2) is 5.70. The van der Waals surface area contributed by atoms with E-state index in [-0.39, 0.29) is 0 Å². The van der Waals surface area contributed by atoms with E-state index in [0.29, 0.717) is 10.9 Å². The predicted octanol–water partition coefficient (Wildman–Crippen LogP) is 4.60. The highest BCUT2D eigenvalue weighted by atomic mass is 35.5. The van der Waals surface area contributed by atoms with Crippen molar-refractivity contribution in [2.45, 2.75) is 31.4 Å². The second-order valence-electron chi connectivity index (χ2n) is 5.13. The first-order valence-electron chi connectivity index (χ1n) is 6.75. The molecule has 3 nitrogen and oxygen atoms in total. The van der Waals surface area contributed by atoms with E-state index in [9.17, 15) is 0 Å². The SMILES string of the molecule is Cc1ccc(SCc2nc3nc(C)cc(C)n3c2Cl)cc1. The maximum atomic E-state index is 6.45. The Morgan fingerprint density at radius 3 is 2.52 bits per heavy atom. The summed E-state index contributed by atoms with van der Waals surface area (Å²) < 4.78 is 1.90. The van der Waals surface area contributed by atoms with Crippen molar-refractivity contribution >= 4 is 29.1 Å². The van der Waals surface area contributed by atoms with E-state index in [1.807, 2.05) is 24.3 Å². The molecule has 0 spiro atoms. The summed E-state index contributed by atoms with van der Waals surface area (Å²) in [5, 5.41) is 0.662. The van der Waals surface area contributed by atoms with Gasteiger partial charge in [0.25, 0.3) is 0 Å². The van der Waals surface area contributed by atoms with Gasteiger partial charge >= 0.3 is 0 Å². The lowest BCUT2D eigenvalue weighted by atomic mass is 10.2. The molecule has 21 heavy (non-hydrogen) atoms. The maximum Gasteiger partial charge on any atom is 0.235 e. The first-order valence-corrected chi connectivity index (χ1v) is 8.11. The van der Waals surface area contributed by atoms with Gasteiger partial charge in [-0.05, 0) is 39.0 Å². The molecule has 0 amide bonds. The van der Waals surface area contributed by atoms with Crippen LogP contribution in [-0.4, -0.2) is 14.4 Å². The van der Waals surface area contributed by atoms with E-state index in [1.165, 1.54) is 10.5 Å². The Bertz CT molecular complexity index is 793. The molecule has 0 bridgehead atoms. The molecule has 0 N–H and O–H groups in total. The topological polar surface area (TPSA) is 30.2 Å². The maximum absolute atomic E-state index is 6.45. The molecule has 3 aromatic rings. The third-order valence-corrected chi connectivity index (χ3v) is 4.72. The Balaban J connectivity index is 1.89. The van der Waals surface area contributed by atoms with Crippen molar-refractivity contribution in [2.75, 3.05) is 0 Å². The summed E-state index contributed by atoms with van der Waals surface area (Å²) in [6.07, 6.45) is 0. The van der Waals surface area contributed by atoms with Crippen LogP contribution in [0.3, 0.4) is 0 Å². The van der Waals surface area contributed by atoms with Crippen LogP contribution in [0.2, 0.25) is 5.15 Å². The van der Waals surface area contributed by atoms with Gasteiger partial charge in [0.1, 0.15) is 5.15 Å². The molecule has 0 aliphatic heterocycles. The Morgan fingerprint density at radius 1 is 1.10 bits per heavy atom. The van der Waals surface area contributed by atoms with E-state index in [1.54, 1.807) is 11.8 Å². The molecule has 0 aliphatic rings. The standard InChI is InChI=1S/C16H16ClN3S/c1-10-4-6-13(7-5-10)21-9-14-15(17)20-12(3)8-11(2)18-16(20)19-14/h4-8H,9H2,1-3H3. The van der Waals surface area contributed by atoms with E-state index in [4.69, 9.17) is 11.6 Å². The van der Waals surface area contributed by atoms with Crippen LogP contribution in [0.4, 0.5) is 0 Å². The van der Waals surface area contributed by atoms with Crippen molar-refractivity contribution < 1.29 is 0 Å². The molecule has 0 unspecified atom stereocenters. The summed E-state index contributed by atoms with van der Waals surface area (Å²) in [4.78, 5) is 10.2. The van der Waals surface area contributed by atoms with Crippen molar-refractivity contribution in [3.8, 4) is 0 Å². The summed E-state index contributed by atoms with van der Waals surface area (Å²) in [5.74, 6) is 1.42. The minimum atomic E-state index is 0.662. The molecule has 3 rings (SSSR count). The minimum Gasteiger partial charge on any atom is -0.271 e. The average molecular weight is 318 g/mol. The van der Waals surface area contributed by atoms with Gasteiger partial charge < -0.3 is 0 Å². The zero-order valence-electron chi connectivity index (χ0n) is 12.2. The fraction of sp³-hybridized carbons (Fsp3) is 0.250. The summed E-state index contributed by atoms with van der Waals surface area (Å²) in [5.41, 5.74) is 4.16. The third kappa shape index (κ3) is 2.92. The number of halogens is 1. The number of aryl methyl sites for hydroxylation is 3. The van der Waals surface area contributed by atoms with Gasteiger partial charge in [0.15, 0.2) is 0 Å². The van der Waals surface area contributed by atoms with Crippen LogP contribution in [-0.2, 0) is 5.75 Å². The van der Waals surface area contributed by atoms with Gasteiger partial charge in [-0.1, -0.05) is 29.3 Å². The van der Waals surface area contributed by atoms with Crippen LogP contribution in [0.5, 0.6) is 0 Å². The van der Waals surface area contributed by atoms with Crippen LogP contribution >= 0.6 is 23.4 Å². The van der Waals surface area contributed by atoms with Crippen LogP contribution < -0.4 is 0 Å². The first kappa shape index (κ1) is 14.4. The third-order valence-electron chi connectivity index (χ3n) is 3.31. The van der Waals surface area contributed by atoms with Gasteiger partial charge in [-0.25, -0.2) is 9.97 Å². The Kier molecular flexibility index (Phi) is 3.91. The zero-order chi connectivity index (χ0) is 15.0. The van der Waals surface area contributed by atoms with Crippen LogP contribution in [0.15, 0.2) is 35.2 Å². The molecule has 0 saturated carbocycles. The summed E-state index contributed by atoms with van der Waals surface area (Å²) in [6, 6.07) is 10.5. The van der Waals surface area contributed by atoms with Crippen molar-refractivity contribution in [1.82, 2.24) is 14.4 Å². The fourth-order valence-electron chi connectivity index (χ4n) is 2.26. The number of imidazole rings is 1. The molecule has 0 aliphatic carbocycles. The largest absolute Gasteiger partial charge is 0.271 e. The number of aromatic nitrogens is 3. The quantitative estimate of drug-likeness (QED) is 0.661. The number of rotatable bonds is 3. The molecule has 108 valence electrons. The van der Waals surface area contributed by atoms with Crippen LogP contribution in [0.25, 0.3) is 5.78 Å². The normalized spacial score (nSPS) is 11.2. The number of nitrogens with zero attached hydrogens (tertiary/aromatic N) is 3. The lowest BCUT2D eigenvalue weighted by Crippen LogP contribution is -1.95. The highest BCUT2D eigenvalue weighted by Gasteiger charge is 2.13. The molecule has 0 saturated heterocycles. The highest BCUT2D eigenvalue weighted by molar-refractivity contribution is 7.98. The smallest absolute Gasteiger partial charge is 0.235 e. The van der Waals surface area contributed by atoms with Gasteiger partial charge in [0.2, 0.25) is 5.78 Å². The lowest BCUT2D eigenvalue weighted by molar-refractivity contribution is 1.01. The molecule has 0 fully saturated rings. The van der Waals surface area contributed by atoms with Crippen LogP contribution in [0.1, 0.15) is 22.6 Å². The van der Waals surface area contributed by atoms with Crippen molar-refractivity contribution in [3.05, 3.63) is 58.1 Å². The van der Waals surface area contributed by atoms with Crippen molar-refractivity contribution in [2.24, 2.45) is 0 Å². The first-order chi connectivity index (χ1) is 10.0. The lowest BCUT2D eigenvalue weighted by Gasteiger charge is -2.02. The average Bonchev–Trinajstić information content (AvgIpc) is 2.74. The summed E-state index contributed by atoms with van der Waals surface area (Å²) in [6.45, 7) is 6.08. The highest BCUT2D eigenvalue weighted by Crippen LogP contribution is 2.27. The monoisotopic (exact) mass is 317 g/mol. The van der Waals surface area contributed by atoms with Crippen molar-refractivity contribution in [1.29, 1.82) is 0 Å².